The van der Waals surface area contributed by atoms with Gasteiger partial charge in [0.05, 0.1) is 0 Å². The van der Waals surface area contributed by atoms with E-state index in [0.29, 0.717) is 6.54 Å². The highest BCUT2D eigenvalue weighted by Crippen LogP contribution is 2.23. The molecule has 1 heterocycles. The Morgan fingerprint density at radius 3 is 2.36 bits per heavy atom. The van der Waals surface area contributed by atoms with Crippen LogP contribution in [0.4, 0.5) is 0 Å². The average molecular weight is 209 g/mol. The van der Waals surface area contributed by atoms with Crippen LogP contribution in [0.15, 0.2) is 40.8 Å². The van der Waals surface area contributed by atoms with Crippen molar-refractivity contribution >= 4 is 11.6 Å². The second-order valence-electron chi connectivity index (χ2n) is 3.02. The Kier molecular flexibility index (Phi) is 2.57. The summed E-state index contributed by atoms with van der Waals surface area (Å²) in [5, 5.41) is 0.734. The summed E-state index contributed by atoms with van der Waals surface area (Å²) in [6.45, 7) is 0.674. The topological polar surface area (TPSA) is 40.8 Å². The summed E-state index contributed by atoms with van der Waals surface area (Å²) in [5.41, 5.74) is 4.80. The van der Waals surface area contributed by atoms with Crippen molar-refractivity contribution in [3.63, 3.8) is 0 Å². The molecule has 2 nitrogen and oxygen atoms in total. The van der Waals surface area contributed by atoms with Crippen molar-refractivity contribution in [1.82, 2.24) is 0 Å². The van der Waals surface area contributed by atoms with Crippen LogP contribution in [-0.4, -0.2) is 0 Å². The van der Waals surface area contributed by atoms with Crippen LogP contribution in [0.5, 0.6) is 0 Å². The van der Waals surface area contributed by atoms with E-state index in [1.165, 1.54) is 0 Å². The SMILES string of the molecule is [NH3+]Cc1ccc(-c2ccc(Cl)cc2)o1. The maximum absolute atomic E-state index is 5.79. The first-order valence-corrected chi connectivity index (χ1v) is 4.81. The normalized spacial score (nSPS) is 10.4. The molecule has 1 aromatic carbocycles. The summed E-state index contributed by atoms with van der Waals surface area (Å²) in [4.78, 5) is 0. The number of benzene rings is 1. The van der Waals surface area contributed by atoms with Gasteiger partial charge in [-0.25, -0.2) is 0 Å². The fraction of sp³-hybridized carbons (Fsp3) is 0.0909. The first-order chi connectivity index (χ1) is 6.79. The molecule has 0 radical (unpaired) electrons. The lowest BCUT2D eigenvalue weighted by Gasteiger charge is -1.96. The van der Waals surface area contributed by atoms with Crippen molar-refractivity contribution in [3.8, 4) is 11.3 Å². The van der Waals surface area contributed by atoms with Crippen LogP contribution in [0.3, 0.4) is 0 Å². The molecule has 0 aliphatic rings. The van der Waals surface area contributed by atoms with E-state index in [-0.39, 0.29) is 0 Å². The molecule has 1 aromatic heterocycles. The van der Waals surface area contributed by atoms with Crippen LogP contribution in [0, 0.1) is 0 Å². The van der Waals surface area contributed by atoms with E-state index in [2.05, 4.69) is 5.73 Å². The molecular weight excluding hydrogens is 198 g/mol. The number of quaternary nitrogens is 1. The first-order valence-electron chi connectivity index (χ1n) is 4.43. The maximum Gasteiger partial charge on any atom is 0.158 e. The Morgan fingerprint density at radius 1 is 1.07 bits per heavy atom. The van der Waals surface area contributed by atoms with E-state index in [0.717, 1.165) is 22.1 Å². The van der Waals surface area contributed by atoms with Gasteiger partial charge >= 0.3 is 0 Å². The molecule has 0 unspecified atom stereocenters. The summed E-state index contributed by atoms with van der Waals surface area (Å²) >= 11 is 5.79. The smallest absolute Gasteiger partial charge is 0.158 e. The third-order valence-corrected chi connectivity index (χ3v) is 2.29. The fourth-order valence-corrected chi connectivity index (χ4v) is 1.41. The van der Waals surface area contributed by atoms with Gasteiger partial charge in [-0.3, -0.25) is 0 Å². The Bertz CT molecular complexity index is 419. The summed E-state index contributed by atoms with van der Waals surface area (Å²) in [6, 6.07) is 11.5. The second kappa shape index (κ2) is 3.86. The molecule has 0 atom stereocenters. The lowest BCUT2D eigenvalue weighted by Crippen LogP contribution is -2.47. The molecule has 0 saturated heterocycles. The molecule has 0 aliphatic heterocycles. The minimum absolute atomic E-state index is 0.674. The third-order valence-electron chi connectivity index (χ3n) is 2.04. The number of rotatable bonds is 2. The minimum Gasteiger partial charge on any atom is -0.455 e. The lowest BCUT2D eigenvalue weighted by molar-refractivity contribution is -0.390. The van der Waals surface area contributed by atoms with Crippen LogP contribution in [0.1, 0.15) is 5.76 Å². The van der Waals surface area contributed by atoms with Crippen LogP contribution in [-0.2, 0) is 6.54 Å². The highest BCUT2D eigenvalue weighted by Gasteiger charge is 2.03. The molecule has 0 fully saturated rings. The zero-order valence-electron chi connectivity index (χ0n) is 7.66. The van der Waals surface area contributed by atoms with Crippen molar-refractivity contribution in [1.29, 1.82) is 0 Å². The Morgan fingerprint density at radius 2 is 1.79 bits per heavy atom. The molecule has 2 aromatic rings. The maximum atomic E-state index is 5.79. The summed E-state index contributed by atoms with van der Waals surface area (Å²) in [5.74, 6) is 1.76. The van der Waals surface area contributed by atoms with Gasteiger partial charge in [-0.1, -0.05) is 11.6 Å². The van der Waals surface area contributed by atoms with E-state index in [4.69, 9.17) is 16.0 Å². The van der Waals surface area contributed by atoms with E-state index in [1.807, 2.05) is 36.4 Å². The lowest BCUT2D eigenvalue weighted by atomic mass is 10.2. The molecule has 3 heteroatoms. The molecule has 0 aliphatic carbocycles. The molecule has 2 rings (SSSR count). The molecule has 0 amide bonds. The number of furan rings is 1. The van der Waals surface area contributed by atoms with E-state index in [9.17, 15) is 0 Å². The molecule has 0 spiro atoms. The molecule has 0 saturated carbocycles. The van der Waals surface area contributed by atoms with Crippen molar-refractivity contribution in [2.24, 2.45) is 0 Å². The van der Waals surface area contributed by atoms with Crippen LogP contribution in [0.25, 0.3) is 11.3 Å². The Balaban J connectivity index is 2.34. The van der Waals surface area contributed by atoms with Crippen molar-refractivity contribution in [3.05, 3.63) is 47.2 Å². The Hall–Kier alpha value is -1.25. The van der Waals surface area contributed by atoms with E-state index in [1.54, 1.807) is 0 Å². The molecule has 72 valence electrons. The predicted octanol–water partition coefficient (Wildman–Crippen LogP) is 2.34. The highest BCUT2D eigenvalue weighted by atomic mass is 35.5. The van der Waals surface area contributed by atoms with Gasteiger partial charge in [-0.2, -0.15) is 0 Å². The highest BCUT2D eigenvalue weighted by molar-refractivity contribution is 6.30. The van der Waals surface area contributed by atoms with Gasteiger partial charge in [0, 0.05) is 10.6 Å². The zero-order chi connectivity index (χ0) is 9.97. The third kappa shape index (κ3) is 1.81. The van der Waals surface area contributed by atoms with Gasteiger partial charge in [-0.05, 0) is 36.4 Å². The van der Waals surface area contributed by atoms with Crippen LogP contribution < -0.4 is 5.73 Å². The summed E-state index contributed by atoms with van der Waals surface area (Å²) < 4.78 is 5.55. The molecular formula is C11H11ClNO+. The monoisotopic (exact) mass is 208 g/mol. The van der Waals surface area contributed by atoms with Gasteiger partial charge in [0.15, 0.2) is 5.76 Å². The van der Waals surface area contributed by atoms with Gasteiger partial charge in [0.25, 0.3) is 0 Å². The van der Waals surface area contributed by atoms with Crippen molar-refractivity contribution < 1.29 is 10.2 Å². The number of hydrogen-bond acceptors (Lipinski definition) is 1. The predicted molar refractivity (Wildman–Crippen MR) is 55.7 cm³/mol. The summed E-state index contributed by atoms with van der Waals surface area (Å²) in [6.07, 6.45) is 0. The second-order valence-corrected chi connectivity index (χ2v) is 3.46. The molecule has 3 N–H and O–H groups in total. The van der Waals surface area contributed by atoms with Gasteiger partial charge < -0.3 is 10.2 Å². The first kappa shape index (κ1) is 9.31. The van der Waals surface area contributed by atoms with Gasteiger partial charge in [0.1, 0.15) is 12.3 Å². The van der Waals surface area contributed by atoms with Crippen molar-refractivity contribution in [2.75, 3.05) is 0 Å². The van der Waals surface area contributed by atoms with E-state index < -0.39 is 0 Å². The zero-order valence-corrected chi connectivity index (χ0v) is 8.42. The van der Waals surface area contributed by atoms with Gasteiger partial charge in [-0.15, -0.1) is 0 Å². The summed E-state index contributed by atoms with van der Waals surface area (Å²) in [7, 11) is 0. The van der Waals surface area contributed by atoms with E-state index >= 15 is 0 Å². The van der Waals surface area contributed by atoms with Crippen LogP contribution >= 0.6 is 11.6 Å². The van der Waals surface area contributed by atoms with Gasteiger partial charge in [0.2, 0.25) is 0 Å². The number of halogens is 1. The number of hydrogen-bond donors (Lipinski definition) is 1. The average Bonchev–Trinajstić information content (AvgIpc) is 2.67. The Labute approximate surface area is 87.3 Å². The van der Waals surface area contributed by atoms with Crippen LogP contribution in [0.2, 0.25) is 5.02 Å². The standard InChI is InChI=1S/C11H10ClNO/c12-9-3-1-8(2-4-9)11-6-5-10(7-13)14-11/h1-6H,7,13H2/p+1. The molecule has 14 heavy (non-hydrogen) atoms. The van der Waals surface area contributed by atoms with Crippen molar-refractivity contribution in [2.45, 2.75) is 6.54 Å². The minimum atomic E-state index is 0.674. The quantitative estimate of drug-likeness (QED) is 0.809. The largest absolute Gasteiger partial charge is 0.455 e. The molecule has 0 bridgehead atoms. The fourth-order valence-electron chi connectivity index (χ4n) is 1.28.